The fourth-order valence-corrected chi connectivity index (χ4v) is 2.35. The fraction of sp³-hybridized carbons (Fsp3) is 0.200. The van der Waals surface area contributed by atoms with Crippen LogP contribution in [0.2, 0.25) is 0 Å². The summed E-state index contributed by atoms with van der Waals surface area (Å²) in [6.45, 7) is 2.12. The third-order valence-electron chi connectivity index (χ3n) is 2.71. The SMILES string of the molecule is Cc1ccc(-c2ccc([S+](C)C)cc2)cc1. The van der Waals surface area contributed by atoms with Crippen molar-refractivity contribution in [2.45, 2.75) is 11.8 Å². The molecule has 0 heterocycles. The van der Waals surface area contributed by atoms with Crippen LogP contribution in [0.1, 0.15) is 5.56 Å². The van der Waals surface area contributed by atoms with Gasteiger partial charge < -0.3 is 0 Å². The van der Waals surface area contributed by atoms with Crippen LogP contribution in [0.3, 0.4) is 0 Å². The minimum absolute atomic E-state index is 0.353. The number of aryl methyl sites for hydroxylation is 1. The first kappa shape index (κ1) is 11.3. The van der Waals surface area contributed by atoms with Crippen molar-refractivity contribution in [3.63, 3.8) is 0 Å². The Morgan fingerprint density at radius 3 is 1.56 bits per heavy atom. The van der Waals surface area contributed by atoms with Crippen molar-refractivity contribution >= 4 is 10.9 Å². The summed E-state index contributed by atoms with van der Waals surface area (Å²) in [6, 6.07) is 17.6. The Morgan fingerprint density at radius 2 is 1.12 bits per heavy atom. The molecule has 16 heavy (non-hydrogen) atoms. The third kappa shape index (κ3) is 2.48. The van der Waals surface area contributed by atoms with Crippen LogP contribution in [0.5, 0.6) is 0 Å². The molecule has 0 bridgehead atoms. The highest BCUT2D eigenvalue weighted by Crippen LogP contribution is 2.21. The van der Waals surface area contributed by atoms with Crippen LogP contribution in [-0.2, 0) is 10.9 Å². The molecule has 0 N–H and O–H groups in total. The van der Waals surface area contributed by atoms with Gasteiger partial charge in [0.15, 0.2) is 4.90 Å². The molecule has 0 saturated heterocycles. The zero-order valence-corrected chi connectivity index (χ0v) is 10.8. The van der Waals surface area contributed by atoms with E-state index in [0.29, 0.717) is 10.9 Å². The molecule has 2 aromatic carbocycles. The largest absolute Gasteiger partial charge is 0.154 e. The Bertz CT molecular complexity index is 452. The highest BCUT2D eigenvalue weighted by atomic mass is 32.2. The third-order valence-corrected chi connectivity index (χ3v) is 3.93. The number of hydrogen-bond donors (Lipinski definition) is 0. The second-order valence-corrected chi connectivity index (χ2v) is 6.31. The van der Waals surface area contributed by atoms with Crippen LogP contribution in [-0.4, -0.2) is 12.5 Å². The van der Waals surface area contributed by atoms with Gasteiger partial charge in [0.05, 0.1) is 0 Å². The van der Waals surface area contributed by atoms with Crippen LogP contribution in [0, 0.1) is 6.92 Å². The van der Waals surface area contributed by atoms with Gasteiger partial charge in [-0.2, -0.15) is 0 Å². The molecule has 0 spiro atoms. The van der Waals surface area contributed by atoms with E-state index in [1.54, 1.807) is 0 Å². The van der Waals surface area contributed by atoms with Crippen molar-refractivity contribution in [2.24, 2.45) is 0 Å². The Hall–Kier alpha value is -1.21. The van der Waals surface area contributed by atoms with Gasteiger partial charge in [-0.05, 0) is 42.3 Å². The molecule has 2 rings (SSSR count). The van der Waals surface area contributed by atoms with Crippen LogP contribution < -0.4 is 0 Å². The summed E-state index contributed by atoms with van der Waals surface area (Å²) in [4.78, 5) is 1.43. The van der Waals surface area contributed by atoms with Crippen LogP contribution in [0.25, 0.3) is 11.1 Å². The topological polar surface area (TPSA) is 0 Å². The average molecular weight is 229 g/mol. The fourth-order valence-electron chi connectivity index (χ4n) is 1.67. The maximum atomic E-state index is 2.25. The lowest BCUT2D eigenvalue weighted by Crippen LogP contribution is -1.94. The summed E-state index contributed by atoms with van der Waals surface area (Å²) in [5.41, 5.74) is 3.91. The quantitative estimate of drug-likeness (QED) is 0.685. The zero-order chi connectivity index (χ0) is 11.5. The van der Waals surface area contributed by atoms with Gasteiger partial charge in [-0.15, -0.1) is 0 Å². The van der Waals surface area contributed by atoms with E-state index in [4.69, 9.17) is 0 Å². The van der Waals surface area contributed by atoms with E-state index >= 15 is 0 Å². The molecular formula is C15H17S+. The first-order valence-corrected chi connectivity index (χ1v) is 7.45. The van der Waals surface area contributed by atoms with Gasteiger partial charge in [-0.1, -0.05) is 29.8 Å². The van der Waals surface area contributed by atoms with Gasteiger partial charge in [0.25, 0.3) is 0 Å². The summed E-state index contributed by atoms with van der Waals surface area (Å²) < 4.78 is 0. The van der Waals surface area contributed by atoms with Crippen LogP contribution in [0.4, 0.5) is 0 Å². The standard InChI is InChI=1S/C15H17S/c1-12-4-6-13(7-5-12)14-8-10-15(11-9-14)16(2)3/h4-11H,1-3H3/q+1. The molecule has 0 aliphatic heterocycles. The van der Waals surface area contributed by atoms with E-state index in [9.17, 15) is 0 Å². The zero-order valence-electron chi connectivity index (χ0n) is 10.0. The van der Waals surface area contributed by atoms with Crippen molar-refractivity contribution in [2.75, 3.05) is 12.5 Å². The highest BCUT2D eigenvalue weighted by Gasteiger charge is 2.07. The minimum atomic E-state index is 0.353. The van der Waals surface area contributed by atoms with E-state index in [2.05, 4.69) is 68.0 Å². The van der Waals surface area contributed by atoms with Crippen molar-refractivity contribution in [3.05, 3.63) is 54.1 Å². The molecule has 2 aromatic rings. The highest BCUT2D eigenvalue weighted by molar-refractivity contribution is 7.95. The average Bonchev–Trinajstić information content (AvgIpc) is 2.30. The number of hydrogen-bond acceptors (Lipinski definition) is 0. The Kier molecular flexibility index (Phi) is 3.35. The molecule has 0 saturated carbocycles. The van der Waals surface area contributed by atoms with E-state index in [1.165, 1.54) is 21.6 Å². The summed E-state index contributed by atoms with van der Waals surface area (Å²) in [5, 5.41) is 0. The van der Waals surface area contributed by atoms with Crippen LogP contribution >= 0.6 is 0 Å². The maximum Gasteiger partial charge on any atom is 0.154 e. The normalized spacial score (nSPS) is 10.8. The van der Waals surface area contributed by atoms with E-state index < -0.39 is 0 Å². The monoisotopic (exact) mass is 229 g/mol. The van der Waals surface area contributed by atoms with E-state index in [0.717, 1.165) is 0 Å². The predicted octanol–water partition coefficient (Wildman–Crippen LogP) is 3.90. The molecule has 0 fully saturated rings. The lowest BCUT2D eigenvalue weighted by atomic mass is 10.0. The first-order valence-electron chi connectivity index (χ1n) is 5.41. The smallest absolute Gasteiger partial charge is 0.0587 e. The van der Waals surface area contributed by atoms with Crippen LogP contribution in [0.15, 0.2) is 53.4 Å². The lowest BCUT2D eigenvalue weighted by Gasteiger charge is -2.03. The van der Waals surface area contributed by atoms with Crippen molar-refractivity contribution in [3.8, 4) is 11.1 Å². The summed E-state index contributed by atoms with van der Waals surface area (Å²) in [6.07, 6.45) is 4.50. The molecule has 1 heteroatoms. The molecule has 0 atom stereocenters. The van der Waals surface area contributed by atoms with Gasteiger partial charge in [0.2, 0.25) is 0 Å². The minimum Gasteiger partial charge on any atom is -0.0587 e. The van der Waals surface area contributed by atoms with Gasteiger partial charge in [0.1, 0.15) is 12.5 Å². The summed E-state index contributed by atoms with van der Waals surface area (Å²) in [5.74, 6) is 0. The van der Waals surface area contributed by atoms with E-state index in [1.807, 2.05) is 0 Å². The molecule has 0 amide bonds. The van der Waals surface area contributed by atoms with Crippen molar-refractivity contribution in [1.82, 2.24) is 0 Å². The van der Waals surface area contributed by atoms with Crippen molar-refractivity contribution in [1.29, 1.82) is 0 Å². The number of rotatable bonds is 2. The van der Waals surface area contributed by atoms with E-state index in [-0.39, 0.29) is 0 Å². The van der Waals surface area contributed by atoms with Gasteiger partial charge >= 0.3 is 0 Å². The Labute approximate surface area is 101 Å². The molecule has 82 valence electrons. The predicted molar refractivity (Wildman–Crippen MR) is 74.1 cm³/mol. The molecule has 0 aliphatic carbocycles. The molecular weight excluding hydrogens is 212 g/mol. The molecule has 0 aliphatic rings. The van der Waals surface area contributed by atoms with Gasteiger partial charge in [-0.3, -0.25) is 0 Å². The second kappa shape index (κ2) is 4.75. The maximum absolute atomic E-state index is 2.25. The summed E-state index contributed by atoms with van der Waals surface area (Å²) in [7, 11) is 0.353. The Morgan fingerprint density at radius 1 is 0.688 bits per heavy atom. The first-order chi connectivity index (χ1) is 7.66. The molecule has 0 radical (unpaired) electrons. The second-order valence-electron chi connectivity index (χ2n) is 4.21. The Balaban J connectivity index is 2.31. The number of benzene rings is 2. The van der Waals surface area contributed by atoms with Gasteiger partial charge in [0, 0.05) is 10.9 Å². The summed E-state index contributed by atoms with van der Waals surface area (Å²) >= 11 is 0. The van der Waals surface area contributed by atoms with Crippen molar-refractivity contribution < 1.29 is 0 Å². The molecule has 0 aromatic heterocycles. The lowest BCUT2D eigenvalue weighted by molar-refractivity contribution is 1.43. The van der Waals surface area contributed by atoms with Gasteiger partial charge in [-0.25, -0.2) is 0 Å². The molecule has 0 nitrogen and oxygen atoms in total. The molecule has 0 unspecified atom stereocenters.